The Hall–Kier alpha value is -2.42. The molecule has 1 atom stereocenters. The Morgan fingerprint density at radius 3 is 2.93 bits per heavy atom. The first-order valence-electron chi connectivity index (χ1n) is 9.01. The molecule has 0 spiro atoms. The van der Waals surface area contributed by atoms with Gasteiger partial charge in [-0.3, -0.25) is 10.1 Å². The third-order valence-electron chi connectivity index (χ3n) is 4.33. The topological polar surface area (TPSA) is 97.6 Å². The van der Waals surface area contributed by atoms with Gasteiger partial charge in [-0.15, -0.1) is 0 Å². The number of thiazole rings is 1. The van der Waals surface area contributed by atoms with Gasteiger partial charge in [0.15, 0.2) is 5.13 Å². The molecule has 0 aliphatic carbocycles. The first-order chi connectivity index (χ1) is 12.7. The van der Waals surface area contributed by atoms with E-state index < -0.39 is 10.5 Å². The maximum atomic E-state index is 12.5. The van der Waals surface area contributed by atoms with E-state index in [9.17, 15) is 14.9 Å². The molecule has 1 aromatic heterocycles. The largest absolute Gasteiger partial charge is 0.444 e. The second kappa shape index (κ2) is 7.67. The van der Waals surface area contributed by atoms with Crippen LogP contribution in [0.25, 0.3) is 10.2 Å². The van der Waals surface area contributed by atoms with Crippen LogP contribution in [-0.2, 0) is 4.74 Å². The smallest absolute Gasteiger partial charge is 0.410 e. The van der Waals surface area contributed by atoms with Crippen LogP contribution in [0.2, 0.25) is 0 Å². The number of aromatic nitrogens is 1. The van der Waals surface area contributed by atoms with Gasteiger partial charge in [0.05, 0.1) is 21.2 Å². The Balaban J connectivity index is 1.67. The zero-order chi connectivity index (χ0) is 19.6. The number of nitrogens with zero attached hydrogens (tertiary/aromatic N) is 3. The maximum Gasteiger partial charge on any atom is 0.410 e. The monoisotopic (exact) mass is 392 g/mol. The second-order valence-electron chi connectivity index (χ2n) is 7.63. The minimum atomic E-state index is -0.520. The number of carbonyl (C=O) groups is 1. The van der Waals surface area contributed by atoms with Gasteiger partial charge in [-0.2, -0.15) is 0 Å². The number of non-ortho nitro benzene ring substituents is 1. The van der Waals surface area contributed by atoms with Crippen molar-refractivity contribution in [1.29, 1.82) is 0 Å². The van der Waals surface area contributed by atoms with Gasteiger partial charge >= 0.3 is 6.09 Å². The summed E-state index contributed by atoms with van der Waals surface area (Å²) in [6.07, 6.45) is 2.66. The predicted molar refractivity (Wildman–Crippen MR) is 105 cm³/mol. The SMILES string of the molecule is CC(C)(C)OC(=O)N1CCCC[C@@H]1CNc1nc2cc([N+](=O)[O-])ccc2s1. The van der Waals surface area contributed by atoms with Gasteiger partial charge < -0.3 is 15.0 Å². The van der Waals surface area contributed by atoms with Crippen LogP contribution < -0.4 is 5.32 Å². The number of benzene rings is 1. The minimum absolute atomic E-state index is 0.0303. The summed E-state index contributed by atoms with van der Waals surface area (Å²) in [5.74, 6) is 0. The highest BCUT2D eigenvalue weighted by molar-refractivity contribution is 7.22. The van der Waals surface area contributed by atoms with Crippen molar-refractivity contribution in [3.63, 3.8) is 0 Å². The Bertz CT molecular complexity index is 845. The third-order valence-corrected chi connectivity index (χ3v) is 5.32. The Labute approximate surface area is 161 Å². The molecule has 0 unspecified atom stereocenters. The summed E-state index contributed by atoms with van der Waals surface area (Å²) in [6.45, 7) is 6.85. The molecule has 1 aromatic carbocycles. The molecule has 1 N–H and O–H groups in total. The summed E-state index contributed by atoms with van der Waals surface area (Å²) in [4.78, 5) is 29.2. The molecule has 146 valence electrons. The van der Waals surface area contributed by atoms with Crippen molar-refractivity contribution in [1.82, 2.24) is 9.88 Å². The van der Waals surface area contributed by atoms with E-state index in [0.717, 1.165) is 24.0 Å². The molecule has 1 fully saturated rings. The molecule has 27 heavy (non-hydrogen) atoms. The van der Waals surface area contributed by atoms with Gasteiger partial charge in [-0.25, -0.2) is 9.78 Å². The van der Waals surface area contributed by atoms with Crippen LogP contribution in [0.3, 0.4) is 0 Å². The number of nitro groups is 1. The molecule has 9 heteroatoms. The van der Waals surface area contributed by atoms with Crippen molar-refractivity contribution in [2.45, 2.75) is 51.7 Å². The molecular weight excluding hydrogens is 368 g/mol. The predicted octanol–water partition coefficient (Wildman–Crippen LogP) is 4.41. The molecule has 0 saturated carbocycles. The fraction of sp³-hybridized carbons (Fsp3) is 0.556. The standard InChI is InChI=1S/C18H24N4O4S/c1-18(2,3)26-17(23)21-9-5-4-6-13(21)11-19-16-20-14-10-12(22(24)25)7-8-15(14)27-16/h7-8,10,13H,4-6,9,11H2,1-3H3,(H,19,20)/t13-/m1/s1. The van der Waals surface area contributed by atoms with Crippen molar-refractivity contribution >= 4 is 38.5 Å². The van der Waals surface area contributed by atoms with E-state index in [1.165, 1.54) is 23.5 Å². The number of amides is 1. The van der Waals surface area contributed by atoms with Gasteiger partial charge in [-0.05, 0) is 46.1 Å². The summed E-state index contributed by atoms with van der Waals surface area (Å²) < 4.78 is 6.41. The van der Waals surface area contributed by atoms with Crippen LogP contribution in [0.5, 0.6) is 0 Å². The van der Waals surface area contributed by atoms with E-state index in [2.05, 4.69) is 10.3 Å². The number of nitro benzene ring substituents is 1. The average Bonchev–Trinajstić information content (AvgIpc) is 3.00. The van der Waals surface area contributed by atoms with Gasteiger partial charge in [0.2, 0.25) is 0 Å². The van der Waals surface area contributed by atoms with Crippen molar-refractivity contribution in [2.24, 2.45) is 0 Å². The van der Waals surface area contributed by atoms with Crippen LogP contribution in [0.1, 0.15) is 40.0 Å². The van der Waals surface area contributed by atoms with Crippen LogP contribution in [-0.4, -0.2) is 45.6 Å². The maximum absolute atomic E-state index is 12.5. The molecule has 2 aromatic rings. The van der Waals surface area contributed by atoms with Gasteiger partial charge in [-0.1, -0.05) is 11.3 Å². The lowest BCUT2D eigenvalue weighted by Gasteiger charge is -2.36. The minimum Gasteiger partial charge on any atom is -0.444 e. The molecule has 3 rings (SSSR count). The first kappa shape index (κ1) is 19.3. The van der Waals surface area contributed by atoms with Crippen molar-refractivity contribution < 1.29 is 14.5 Å². The Morgan fingerprint density at radius 1 is 1.44 bits per heavy atom. The highest BCUT2D eigenvalue weighted by Gasteiger charge is 2.30. The molecule has 1 aliphatic rings. The molecule has 1 saturated heterocycles. The van der Waals surface area contributed by atoms with E-state index in [-0.39, 0.29) is 17.8 Å². The lowest BCUT2D eigenvalue weighted by atomic mass is 10.0. The fourth-order valence-electron chi connectivity index (χ4n) is 3.08. The number of carbonyl (C=O) groups excluding carboxylic acids is 1. The van der Waals surface area contributed by atoms with Crippen LogP contribution in [0.15, 0.2) is 18.2 Å². The quantitative estimate of drug-likeness (QED) is 0.611. The highest BCUT2D eigenvalue weighted by atomic mass is 32.1. The number of likely N-dealkylation sites (tertiary alicyclic amines) is 1. The lowest BCUT2D eigenvalue weighted by molar-refractivity contribution is -0.384. The number of nitrogens with one attached hydrogen (secondary N) is 1. The average molecular weight is 392 g/mol. The zero-order valence-corrected chi connectivity index (χ0v) is 16.5. The highest BCUT2D eigenvalue weighted by Crippen LogP contribution is 2.29. The molecule has 0 radical (unpaired) electrons. The van der Waals surface area contributed by atoms with E-state index >= 15 is 0 Å². The van der Waals surface area contributed by atoms with E-state index in [4.69, 9.17) is 4.74 Å². The van der Waals surface area contributed by atoms with Gasteiger partial charge in [0, 0.05) is 25.2 Å². The molecule has 1 aliphatic heterocycles. The number of rotatable bonds is 4. The summed E-state index contributed by atoms with van der Waals surface area (Å²) in [5.41, 5.74) is 0.112. The number of hydrogen-bond acceptors (Lipinski definition) is 7. The molecule has 2 heterocycles. The third kappa shape index (κ3) is 4.85. The van der Waals surface area contributed by atoms with E-state index in [1.807, 2.05) is 20.8 Å². The van der Waals surface area contributed by atoms with E-state index in [1.54, 1.807) is 11.0 Å². The van der Waals surface area contributed by atoms with E-state index in [0.29, 0.717) is 23.7 Å². The second-order valence-corrected chi connectivity index (χ2v) is 8.66. The molecule has 8 nitrogen and oxygen atoms in total. The zero-order valence-electron chi connectivity index (χ0n) is 15.7. The normalized spacial score (nSPS) is 17.7. The van der Waals surface area contributed by atoms with Crippen LogP contribution >= 0.6 is 11.3 Å². The van der Waals surface area contributed by atoms with Crippen molar-refractivity contribution in [2.75, 3.05) is 18.4 Å². The Morgan fingerprint density at radius 2 is 2.22 bits per heavy atom. The molecular formula is C18H24N4O4S. The van der Waals surface area contributed by atoms with Crippen LogP contribution in [0, 0.1) is 10.1 Å². The summed E-state index contributed by atoms with van der Waals surface area (Å²) in [7, 11) is 0. The summed E-state index contributed by atoms with van der Waals surface area (Å²) in [6, 6.07) is 4.71. The van der Waals surface area contributed by atoms with Crippen molar-refractivity contribution in [3.8, 4) is 0 Å². The summed E-state index contributed by atoms with van der Waals surface area (Å²) in [5, 5.41) is 14.9. The number of piperidine rings is 1. The number of fused-ring (bicyclic) bond motifs is 1. The summed E-state index contributed by atoms with van der Waals surface area (Å²) >= 11 is 1.45. The first-order valence-corrected chi connectivity index (χ1v) is 9.83. The molecule has 1 amide bonds. The number of hydrogen-bond donors (Lipinski definition) is 1. The van der Waals surface area contributed by atoms with Gasteiger partial charge in [0.1, 0.15) is 5.60 Å². The van der Waals surface area contributed by atoms with Crippen LogP contribution in [0.4, 0.5) is 15.6 Å². The van der Waals surface area contributed by atoms with Crippen molar-refractivity contribution in [3.05, 3.63) is 28.3 Å². The Kier molecular flexibility index (Phi) is 5.50. The molecule has 0 bridgehead atoms. The fourth-order valence-corrected chi connectivity index (χ4v) is 3.94. The lowest BCUT2D eigenvalue weighted by Crippen LogP contribution is -2.48. The number of ether oxygens (including phenoxy) is 1. The van der Waals surface area contributed by atoms with Gasteiger partial charge in [0.25, 0.3) is 5.69 Å². The number of anilines is 1.